The first-order valence-corrected chi connectivity index (χ1v) is 5.98. The first-order valence-electron chi connectivity index (χ1n) is 5.98. The van der Waals surface area contributed by atoms with Crippen molar-refractivity contribution in [2.24, 2.45) is 10.9 Å². The number of rotatable bonds is 5. The number of likely N-dealkylation sites (N-methyl/N-ethyl adjacent to an activating group) is 1. The molecule has 5 heteroatoms. The summed E-state index contributed by atoms with van der Waals surface area (Å²) in [7, 11) is 4.29. The summed E-state index contributed by atoms with van der Waals surface area (Å²) < 4.78 is 0. The van der Waals surface area contributed by atoms with Gasteiger partial charge in [0.05, 0.1) is 0 Å². The van der Waals surface area contributed by atoms with Crippen LogP contribution in [0.25, 0.3) is 0 Å². The van der Waals surface area contributed by atoms with E-state index >= 15 is 0 Å². The van der Waals surface area contributed by atoms with Gasteiger partial charge in [0.15, 0.2) is 0 Å². The second-order valence-electron chi connectivity index (χ2n) is 4.76. The van der Waals surface area contributed by atoms with Crippen molar-refractivity contribution in [3.05, 3.63) is 0 Å². The molecule has 5 nitrogen and oxygen atoms in total. The molecule has 0 radical (unpaired) electrons. The number of piperidine rings is 1. The molecule has 1 fully saturated rings. The Hall–Kier alpha value is -0.810. The predicted molar refractivity (Wildman–Crippen MR) is 65.8 cm³/mol. The molecule has 0 spiro atoms. The van der Waals surface area contributed by atoms with Crippen molar-refractivity contribution >= 4 is 5.84 Å². The number of nitrogens with two attached hydrogens (primary N) is 1. The number of oxime groups is 1. The average Bonchev–Trinajstić information content (AvgIpc) is 2.29. The fraction of sp³-hybridized carbons (Fsp3) is 0.909. The van der Waals surface area contributed by atoms with E-state index in [9.17, 15) is 0 Å². The Morgan fingerprint density at radius 3 is 2.94 bits per heavy atom. The maximum atomic E-state index is 8.43. The van der Waals surface area contributed by atoms with Gasteiger partial charge in [0, 0.05) is 19.0 Å². The molecule has 0 bridgehead atoms. The Balaban J connectivity index is 2.22. The Kier molecular flexibility index (Phi) is 5.55. The third-order valence-corrected chi connectivity index (χ3v) is 3.25. The summed E-state index contributed by atoms with van der Waals surface area (Å²) in [4.78, 5) is 4.77. The molecule has 1 rings (SSSR count). The highest BCUT2D eigenvalue weighted by atomic mass is 16.4. The number of amidine groups is 1. The van der Waals surface area contributed by atoms with Crippen molar-refractivity contribution in [1.29, 1.82) is 0 Å². The van der Waals surface area contributed by atoms with E-state index in [0.717, 1.165) is 19.5 Å². The van der Waals surface area contributed by atoms with Crippen LogP contribution in [0.1, 0.15) is 25.7 Å². The number of likely N-dealkylation sites (tertiary alicyclic amines) is 1. The molecule has 1 heterocycles. The minimum Gasteiger partial charge on any atom is -0.409 e. The Morgan fingerprint density at radius 2 is 2.31 bits per heavy atom. The minimum atomic E-state index is 0.334. The van der Waals surface area contributed by atoms with Gasteiger partial charge in [-0.2, -0.15) is 0 Å². The van der Waals surface area contributed by atoms with Gasteiger partial charge in [-0.15, -0.1) is 0 Å². The second kappa shape index (κ2) is 6.70. The smallest absolute Gasteiger partial charge is 0.139 e. The van der Waals surface area contributed by atoms with Crippen molar-refractivity contribution in [3.8, 4) is 0 Å². The highest BCUT2D eigenvalue weighted by molar-refractivity contribution is 5.79. The summed E-state index contributed by atoms with van der Waals surface area (Å²) >= 11 is 0. The van der Waals surface area contributed by atoms with E-state index in [2.05, 4.69) is 29.1 Å². The number of hydrogen-bond acceptors (Lipinski definition) is 4. The van der Waals surface area contributed by atoms with E-state index in [-0.39, 0.29) is 0 Å². The van der Waals surface area contributed by atoms with E-state index in [1.165, 1.54) is 19.4 Å². The number of nitrogens with zero attached hydrogens (tertiary/aromatic N) is 3. The van der Waals surface area contributed by atoms with Crippen LogP contribution < -0.4 is 5.73 Å². The van der Waals surface area contributed by atoms with E-state index in [1.807, 2.05) is 0 Å². The normalized spacial score (nSPS) is 23.9. The Labute approximate surface area is 97.9 Å². The summed E-state index contributed by atoms with van der Waals surface area (Å²) in [5, 5.41) is 11.4. The predicted octanol–water partition coefficient (Wildman–Crippen LogP) is 0.539. The van der Waals surface area contributed by atoms with E-state index in [1.54, 1.807) is 0 Å². The first-order chi connectivity index (χ1) is 7.63. The largest absolute Gasteiger partial charge is 0.409 e. The van der Waals surface area contributed by atoms with Gasteiger partial charge in [-0.25, -0.2) is 0 Å². The van der Waals surface area contributed by atoms with Crippen LogP contribution in [0.4, 0.5) is 0 Å². The summed E-state index contributed by atoms with van der Waals surface area (Å²) in [6.07, 6.45) is 4.21. The minimum absolute atomic E-state index is 0.334. The summed E-state index contributed by atoms with van der Waals surface area (Å²) in [6.45, 7) is 3.37. The van der Waals surface area contributed by atoms with E-state index in [0.29, 0.717) is 18.3 Å². The molecule has 0 aromatic rings. The topological polar surface area (TPSA) is 65.1 Å². The molecule has 1 atom stereocenters. The molecule has 0 aliphatic carbocycles. The summed E-state index contributed by atoms with van der Waals surface area (Å²) in [5.41, 5.74) is 5.44. The highest BCUT2D eigenvalue weighted by Crippen LogP contribution is 2.14. The lowest BCUT2D eigenvalue weighted by atomic mass is 10.0. The van der Waals surface area contributed by atoms with Gasteiger partial charge >= 0.3 is 0 Å². The quantitative estimate of drug-likeness (QED) is 0.312. The standard InChI is InChI=1S/C11H24N4O/c1-14(2)10-5-3-7-15(9-10)8-4-6-11(12)13-16/h10,16H,3-9H2,1-2H3,(H2,12,13). The molecule has 0 amide bonds. The van der Waals surface area contributed by atoms with Crippen LogP contribution >= 0.6 is 0 Å². The molecule has 0 saturated carbocycles. The maximum Gasteiger partial charge on any atom is 0.139 e. The number of hydrogen-bond donors (Lipinski definition) is 2. The molecule has 0 aromatic heterocycles. The maximum absolute atomic E-state index is 8.43. The van der Waals surface area contributed by atoms with Crippen LogP contribution in [0.2, 0.25) is 0 Å². The zero-order valence-electron chi connectivity index (χ0n) is 10.4. The molecule has 16 heavy (non-hydrogen) atoms. The van der Waals surface area contributed by atoms with Crippen LogP contribution in [0.15, 0.2) is 5.16 Å². The average molecular weight is 228 g/mol. The SMILES string of the molecule is CN(C)C1CCCN(CCCC(N)=NO)C1. The van der Waals surface area contributed by atoms with Crippen LogP contribution in [0, 0.1) is 0 Å². The van der Waals surface area contributed by atoms with Gasteiger partial charge in [-0.3, -0.25) is 0 Å². The van der Waals surface area contributed by atoms with Crippen molar-refractivity contribution in [1.82, 2.24) is 9.80 Å². The summed E-state index contributed by atoms with van der Waals surface area (Å²) in [6, 6.07) is 0.678. The van der Waals surface area contributed by atoms with E-state index in [4.69, 9.17) is 10.9 Å². The third kappa shape index (κ3) is 4.37. The van der Waals surface area contributed by atoms with Crippen molar-refractivity contribution in [2.45, 2.75) is 31.7 Å². The van der Waals surface area contributed by atoms with Gasteiger partial charge in [0.2, 0.25) is 0 Å². The van der Waals surface area contributed by atoms with Crippen LogP contribution in [0.3, 0.4) is 0 Å². The third-order valence-electron chi connectivity index (χ3n) is 3.25. The summed E-state index contributed by atoms with van der Waals surface area (Å²) in [5.74, 6) is 0.334. The van der Waals surface area contributed by atoms with Crippen molar-refractivity contribution < 1.29 is 5.21 Å². The molecule has 94 valence electrons. The lowest BCUT2D eigenvalue weighted by Crippen LogP contribution is -2.45. The first kappa shape index (κ1) is 13.3. The molecule has 1 saturated heterocycles. The fourth-order valence-corrected chi connectivity index (χ4v) is 2.19. The van der Waals surface area contributed by atoms with Crippen LogP contribution in [-0.4, -0.2) is 60.6 Å². The van der Waals surface area contributed by atoms with Gasteiger partial charge in [0.25, 0.3) is 0 Å². The van der Waals surface area contributed by atoms with Gasteiger partial charge in [-0.05, 0) is 46.4 Å². The lowest BCUT2D eigenvalue weighted by molar-refractivity contribution is 0.132. The zero-order chi connectivity index (χ0) is 12.0. The highest BCUT2D eigenvalue weighted by Gasteiger charge is 2.20. The zero-order valence-corrected chi connectivity index (χ0v) is 10.4. The van der Waals surface area contributed by atoms with Crippen LogP contribution in [-0.2, 0) is 0 Å². The monoisotopic (exact) mass is 228 g/mol. The van der Waals surface area contributed by atoms with Crippen molar-refractivity contribution in [2.75, 3.05) is 33.7 Å². The van der Waals surface area contributed by atoms with Gasteiger partial charge in [0.1, 0.15) is 5.84 Å². The fourth-order valence-electron chi connectivity index (χ4n) is 2.19. The van der Waals surface area contributed by atoms with Gasteiger partial charge < -0.3 is 20.7 Å². The lowest BCUT2D eigenvalue weighted by Gasteiger charge is -2.36. The molecule has 3 N–H and O–H groups in total. The second-order valence-corrected chi connectivity index (χ2v) is 4.76. The van der Waals surface area contributed by atoms with Crippen molar-refractivity contribution in [3.63, 3.8) is 0 Å². The molecule has 1 aliphatic rings. The van der Waals surface area contributed by atoms with Gasteiger partial charge in [-0.1, -0.05) is 5.16 Å². The molecular weight excluding hydrogens is 204 g/mol. The Morgan fingerprint density at radius 1 is 1.56 bits per heavy atom. The van der Waals surface area contributed by atoms with E-state index < -0.39 is 0 Å². The molecule has 0 aromatic carbocycles. The van der Waals surface area contributed by atoms with Crippen LogP contribution in [0.5, 0.6) is 0 Å². The Bertz CT molecular complexity index is 230. The molecular formula is C11H24N4O. The molecule has 1 aliphatic heterocycles. The molecule has 1 unspecified atom stereocenters.